The van der Waals surface area contributed by atoms with E-state index in [1.807, 2.05) is 44.2 Å². The molecule has 0 bridgehead atoms. The van der Waals surface area contributed by atoms with Crippen molar-refractivity contribution in [2.75, 3.05) is 13.1 Å². The Bertz CT molecular complexity index is 1060. The maximum Gasteiger partial charge on any atom is 0.417 e. The fourth-order valence-corrected chi connectivity index (χ4v) is 3.79. The van der Waals surface area contributed by atoms with Gasteiger partial charge in [-0.25, -0.2) is 0 Å². The van der Waals surface area contributed by atoms with Crippen LogP contribution in [0.3, 0.4) is 0 Å². The molecule has 0 saturated carbocycles. The number of nitrogens with one attached hydrogen (secondary N) is 1. The Balaban J connectivity index is 0.000000257. The third kappa shape index (κ3) is 6.31. The van der Waals surface area contributed by atoms with Crippen molar-refractivity contribution >= 4 is 11.6 Å². The molecule has 3 aromatic rings. The second kappa shape index (κ2) is 10.3. The molecule has 0 aliphatic carbocycles. The number of hydrogen-bond acceptors (Lipinski definition) is 4. The van der Waals surface area contributed by atoms with Crippen LogP contribution in [0.4, 0.5) is 13.2 Å². The Kier molecular flexibility index (Phi) is 7.73. The van der Waals surface area contributed by atoms with Crippen molar-refractivity contribution in [1.82, 2.24) is 19.9 Å². The lowest BCUT2D eigenvalue weighted by Gasteiger charge is -2.30. The van der Waals surface area contributed by atoms with E-state index in [-0.39, 0.29) is 17.2 Å². The molecule has 3 N–H and O–H groups in total. The van der Waals surface area contributed by atoms with Crippen molar-refractivity contribution in [3.05, 3.63) is 65.6 Å². The number of hydrogen-bond donors (Lipinski definition) is 2. The van der Waals surface area contributed by atoms with Gasteiger partial charge in [0.2, 0.25) is 5.91 Å². The summed E-state index contributed by atoms with van der Waals surface area (Å²) in [6.45, 7) is 5.73. The van der Waals surface area contributed by atoms with Crippen molar-refractivity contribution < 1.29 is 18.0 Å². The van der Waals surface area contributed by atoms with Gasteiger partial charge in [0.25, 0.3) is 0 Å². The van der Waals surface area contributed by atoms with Crippen molar-refractivity contribution in [1.29, 1.82) is 0 Å². The molecule has 1 aliphatic rings. The van der Waals surface area contributed by atoms with Gasteiger partial charge >= 0.3 is 6.18 Å². The number of carbonyl (C=O) groups is 1. The number of amides is 1. The van der Waals surface area contributed by atoms with Crippen LogP contribution >= 0.6 is 0 Å². The number of aromatic nitrogens is 3. The number of aryl methyl sites for hydroxylation is 1. The summed E-state index contributed by atoms with van der Waals surface area (Å²) < 4.78 is 40.1. The number of nitrogens with zero attached hydrogens (tertiary/aromatic N) is 3. The Labute approximate surface area is 191 Å². The summed E-state index contributed by atoms with van der Waals surface area (Å²) in [4.78, 5) is 10.9. The molecule has 1 atom stereocenters. The summed E-state index contributed by atoms with van der Waals surface area (Å²) in [7, 11) is 0. The topological polar surface area (TPSA) is 85.3 Å². The number of nitrogens with two attached hydrogens (primary N) is 1. The summed E-state index contributed by atoms with van der Waals surface area (Å²) in [5, 5.41) is 11.2. The van der Waals surface area contributed by atoms with Gasteiger partial charge in [0.15, 0.2) is 5.65 Å². The molecule has 3 heterocycles. The number of halogens is 3. The van der Waals surface area contributed by atoms with E-state index in [0.29, 0.717) is 11.5 Å². The Morgan fingerprint density at radius 3 is 2.39 bits per heavy atom. The maximum absolute atomic E-state index is 12.9. The molecule has 1 fully saturated rings. The largest absolute Gasteiger partial charge is 0.417 e. The van der Waals surface area contributed by atoms with E-state index in [4.69, 9.17) is 5.73 Å². The number of alkyl halides is 3. The predicted octanol–water partition coefficient (Wildman–Crippen LogP) is 4.35. The first-order valence-electron chi connectivity index (χ1n) is 11.1. The van der Waals surface area contributed by atoms with Crippen LogP contribution < -0.4 is 11.1 Å². The smallest absolute Gasteiger partial charge is 0.369 e. The van der Waals surface area contributed by atoms with Crippen LogP contribution in [-0.2, 0) is 17.4 Å². The highest BCUT2D eigenvalue weighted by Gasteiger charge is 2.32. The van der Waals surface area contributed by atoms with Gasteiger partial charge in [-0.3, -0.25) is 9.20 Å². The van der Waals surface area contributed by atoms with Crippen LogP contribution in [0.2, 0.25) is 0 Å². The molecule has 9 heteroatoms. The second-order valence-corrected chi connectivity index (χ2v) is 8.80. The lowest BCUT2D eigenvalue weighted by atomic mass is 9.80. The third-order valence-electron chi connectivity index (χ3n) is 6.21. The molecular formula is C24H30F3N5O. The third-order valence-corrected chi connectivity index (χ3v) is 6.21. The van der Waals surface area contributed by atoms with E-state index < -0.39 is 11.7 Å². The number of carbonyl (C=O) groups excluding carboxylic acids is 1. The zero-order valence-electron chi connectivity index (χ0n) is 18.9. The fourth-order valence-electron chi connectivity index (χ4n) is 3.79. The molecule has 2 aromatic heterocycles. The van der Waals surface area contributed by atoms with Crippen molar-refractivity contribution in [3.63, 3.8) is 0 Å². The van der Waals surface area contributed by atoms with Gasteiger partial charge in [0.05, 0.1) is 5.56 Å². The number of rotatable bonds is 5. The summed E-state index contributed by atoms with van der Waals surface area (Å²) >= 11 is 0. The molecule has 0 spiro atoms. The lowest BCUT2D eigenvalue weighted by Crippen LogP contribution is -2.43. The average molecular weight is 462 g/mol. The number of primary amides is 1. The minimum atomic E-state index is -4.37. The van der Waals surface area contributed by atoms with Crippen LogP contribution in [0.5, 0.6) is 0 Å². The summed E-state index contributed by atoms with van der Waals surface area (Å²) in [5.41, 5.74) is 5.93. The second-order valence-electron chi connectivity index (χ2n) is 8.80. The van der Waals surface area contributed by atoms with E-state index in [0.717, 1.165) is 51.0 Å². The van der Waals surface area contributed by atoms with Gasteiger partial charge in [-0.05, 0) is 56.5 Å². The first-order valence-corrected chi connectivity index (χ1v) is 11.1. The molecule has 1 aliphatic heterocycles. The SMILES string of the molecule is CC1(C(N)=O)CCNCC1.C[C@H](CCc1ccccc1)c1nnc2ccc(C(F)(F)F)cn12. The van der Waals surface area contributed by atoms with Crippen LogP contribution in [0.25, 0.3) is 5.65 Å². The minimum Gasteiger partial charge on any atom is -0.369 e. The van der Waals surface area contributed by atoms with Crippen LogP contribution in [-0.4, -0.2) is 33.6 Å². The predicted molar refractivity (Wildman–Crippen MR) is 121 cm³/mol. The summed E-state index contributed by atoms with van der Waals surface area (Å²) in [5.74, 6) is 0.407. The van der Waals surface area contributed by atoms with Crippen molar-refractivity contribution in [3.8, 4) is 0 Å². The molecule has 0 radical (unpaired) electrons. The van der Waals surface area contributed by atoms with Crippen LogP contribution in [0.15, 0.2) is 48.7 Å². The molecule has 6 nitrogen and oxygen atoms in total. The number of fused-ring (bicyclic) bond motifs is 1. The van der Waals surface area contributed by atoms with Gasteiger partial charge in [-0.15, -0.1) is 10.2 Å². The van der Waals surface area contributed by atoms with Gasteiger partial charge in [0, 0.05) is 17.5 Å². The van der Waals surface area contributed by atoms with E-state index in [1.54, 1.807) is 0 Å². The average Bonchev–Trinajstić information content (AvgIpc) is 3.22. The minimum absolute atomic E-state index is 0.00805. The summed E-state index contributed by atoms with van der Waals surface area (Å²) in [6, 6.07) is 12.4. The zero-order valence-corrected chi connectivity index (χ0v) is 18.9. The number of piperidine rings is 1. The Morgan fingerprint density at radius 1 is 1.15 bits per heavy atom. The van der Waals surface area contributed by atoms with Crippen LogP contribution in [0, 0.1) is 5.41 Å². The molecule has 1 saturated heterocycles. The highest BCUT2D eigenvalue weighted by Crippen LogP contribution is 2.30. The monoisotopic (exact) mass is 461 g/mol. The Hall–Kier alpha value is -2.94. The summed E-state index contributed by atoms with van der Waals surface area (Å²) in [6.07, 6.45) is 0.0916. The molecule has 4 rings (SSSR count). The van der Waals surface area contributed by atoms with E-state index in [1.165, 1.54) is 16.0 Å². The van der Waals surface area contributed by atoms with Gasteiger partial charge in [-0.2, -0.15) is 13.2 Å². The maximum atomic E-state index is 12.9. The molecule has 0 unspecified atom stereocenters. The highest BCUT2D eigenvalue weighted by molar-refractivity contribution is 5.80. The Morgan fingerprint density at radius 2 is 1.82 bits per heavy atom. The molecule has 1 amide bonds. The van der Waals surface area contributed by atoms with E-state index >= 15 is 0 Å². The first kappa shape index (κ1) is 24.7. The highest BCUT2D eigenvalue weighted by atomic mass is 19.4. The lowest BCUT2D eigenvalue weighted by molar-refractivity contribution is -0.137. The molecule has 1 aromatic carbocycles. The van der Waals surface area contributed by atoms with Gasteiger partial charge < -0.3 is 11.1 Å². The normalized spacial score (nSPS) is 16.6. The molecule has 178 valence electrons. The molecular weight excluding hydrogens is 431 g/mol. The van der Waals surface area contributed by atoms with Gasteiger partial charge in [-0.1, -0.05) is 44.2 Å². The number of benzene rings is 1. The quantitative estimate of drug-likeness (QED) is 0.592. The standard InChI is InChI=1S/C17H16F3N3.C7H14N2O/c1-12(7-8-13-5-3-2-4-6-13)16-22-21-15-10-9-14(11-23(15)16)17(18,19)20;1-7(6(8)10)2-4-9-5-3-7/h2-6,9-12H,7-8H2,1H3;9H,2-5H2,1H3,(H2,8,10)/t12-;/m1./s1. The van der Waals surface area contributed by atoms with Gasteiger partial charge in [0.1, 0.15) is 5.82 Å². The fraction of sp³-hybridized carbons (Fsp3) is 0.458. The van der Waals surface area contributed by atoms with E-state index in [2.05, 4.69) is 15.5 Å². The van der Waals surface area contributed by atoms with E-state index in [9.17, 15) is 18.0 Å². The van der Waals surface area contributed by atoms with Crippen molar-refractivity contribution in [2.24, 2.45) is 11.1 Å². The van der Waals surface area contributed by atoms with Crippen LogP contribution in [0.1, 0.15) is 56.0 Å². The van der Waals surface area contributed by atoms with Crippen molar-refractivity contribution in [2.45, 2.75) is 51.6 Å². The first-order chi connectivity index (χ1) is 15.6. The number of pyridine rings is 1. The molecule has 33 heavy (non-hydrogen) atoms. The zero-order chi connectivity index (χ0) is 24.1.